The van der Waals surface area contributed by atoms with Gasteiger partial charge < -0.3 is 5.11 Å². The molecule has 0 aromatic carbocycles. The van der Waals surface area contributed by atoms with Crippen molar-refractivity contribution in [1.82, 2.24) is 3.94 Å². The van der Waals surface area contributed by atoms with Gasteiger partial charge in [-0.05, 0) is 30.5 Å². The van der Waals surface area contributed by atoms with E-state index < -0.39 is 11.0 Å². The zero-order chi connectivity index (χ0) is 7.65. The van der Waals surface area contributed by atoms with Gasteiger partial charge in [-0.15, -0.1) is 0 Å². The van der Waals surface area contributed by atoms with Crippen LogP contribution in [0.5, 0.6) is 0 Å². The molecule has 0 aliphatic heterocycles. The van der Waals surface area contributed by atoms with E-state index in [-0.39, 0.29) is 0 Å². The molecule has 1 N–H and O–H groups in total. The molecule has 0 spiro atoms. The monoisotopic (exact) mass is 191 g/mol. The van der Waals surface area contributed by atoms with Crippen molar-refractivity contribution in [3.8, 4) is 0 Å². The lowest BCUT2D eigenvalue weighted by Crippen LogP contribution is -2.37. The molecular formula is C3H4Cl3NO2. The Hall–Kier alpha value is 0.300. The van der Waals surface area contributed by atoms with Gasteiger partial charge in [0.25, 0.3) is 0 Å². The van der Waals surface area contributed by atoms with Gasteiger partial charge in [0.2, 0.25) is 5.00 Å². The minimum absolute atomic E-state index is 0.372. The molecule has 54 valence electrons. The molecule has 0 saturated heterocycles. The molecule has 0 unspecified atom stereocenters. The highest BCUT2D eigenvalue weighted by atomic mass is 35.5. The van der Waals surface area contributed by atoms with Crippen LogP contribution in [0.15, 0.2) is 0 Å². The van der Waals surface area contributed by atoms with Crippen LogP contribution in [0.2, 0.25) is 0 Å². The molecule has 0 aromatic rings. The number of nitrogens with zero attached hydrogens (tertiary/aromatic N) is 1. The summed E-state index contributed by atoms with van der Waals surface area (Å²) < 4.78 is 0.372. The van der Waals surface area contributed by atoms with Gasteiger partial charge >= 0.3 is 5.97 Å². The molecule has 0 saturated carbocycles. The number of rotatable bonds is 2. The fraction of sp³-hybridized carbons (Fsp3) is 0.667. The average molecular weight is 192 g/mol. The number of aliphatic carboxylic acids is 1. The Kier molecular flexibility index (Phi) is 3.02. The molecule has 1 atom stereocenters. The fourth-order valence-electron chi connectivity index (χ4n) is 0.0723. The molecule has 0 heterocycles. The smallest absolute Gasteiger partial charge is 0.342 e. The van der Waals surface area contributed by atoms with Crippen LogP contribution in [-0.4, -0.2) is 20.0 Å². The van der Waals surface area contributed by atoms with E-state index in [1.165, 1.54) is 0 Å². The third-order valence-electron chi connectivity index (χ3n) is 0.708. The van der Waals surface area contributed by atoms with Gasteiger partial charge in [-0.2, -0.15) is 0 Å². The fourth-order valence-corrected chi connectivity index (χ4v) is 0.217. The third-order valence-corrected chi connectivity index (χ3v) is 1.89. The summed E-state index contributed by atoms with van der Waals surface area (Å²) in [5, 5.41) is 8.27. The summed E-state index contributed by atoms with van der Waals surface area (Å²) in [6.45, 7) is 1.16. The topological polar surface area (TPSA) is 40.5 Å². The van der Waals surface area contributed by atoms with Crippen molar-refractivity contribution in [2.24, 2.45) is 0 Å². The van der Waals surface area contributed by atoms with Crippen LogP contribution >= 0.6 is 35.2 Å². The van der Waals surface area contributed by atoms with Gasteiger partial charge in [-0.25, -0.2) is 4.79 Å². The number of carboxylic acids is 1. The second kappa shape index (κ2) is 2.92. The highest BCUT2D eigenvalue weighted by molar-refractivity contribution is 6.44. The van der Waals surface area contributed by atoms with Gasteiger partial charge in [0.1, 0.15) is 0 Å². The molecule has 0 aliphatic rings. The maximum absolute atomic E-state index is 10.1. The van der Waals surface area contributed by atoms with Crippen LogP contribution in [-0.2, 0) is 4.79 Å². The van der Waals surface area contributed by atoms with E-state index >= 15 is 0 Å². The van der Waals surface area contributed by atoms with Gasteiger partial charge in [0.15, 0.2) is 0 Å². The van der Waals surface area contributed by atoms with Crippen molar-refractivity contribution >= 4 is 41.1 Å². The lowest BCUT2D eigenvalue weighted by Gasteiger charge is -2.18. The van der Waals surface area contributed by atoms with Crippen LogP contribution in [0.4, 0.5) is 0 Å². The predicted molar refractivity (Wildman–Crippen MR) is 35.4 cm³/mol. The summed E-state index contributed by atoms with van der Waals surface area (Å²) in [5.41, 5.74) is 0. The van der Waals surface area contributed by atoms with Crippen molar-refractivity contribution in [3.05, 3.63) is 0 Å². The number of hydrogen-bond acceptors (Lipinski definition) is 2. The average Bonchev–Trinajstić information content (AvgIpc) is 1.65. The summed E-state index contributed by atoms with van der Waals surface area (Å²) >= 11 is 15.4. The largest absolute Gasteiger partial charge is 0.479 e. The highest BCUT2D eigenvalue weighted by Gasteiger charge is 2.36. The SMILES string of the molecule is C[C@@](Cl)(C(=O)O)N(Cl)Cl. The first kappa shape index (κ1) is 9.30. The third kappa shape index (κ3) is 2.18. The maximum atomic E-state index is 10.1. The zero-order valence-corrected chi connectivity index (χ0v) is 6.70. The molecule has 6 heteroatoms. The second-order valence-corrected chi connectivity index (χ2v) is 3.08. The van der Waals surface area contributed by atoms with Crippen LogP contribution in [0.1, 0.15) is 6.92 Å². The number of hydrogen-bond donors (Lipinski definition) is 1. The summed E-state index contributed by atoms with van der Waals surface area (Å²) in [7, 11) is 0. The van der Waals surface area contributed by atoms with Crippen molar-refractivity contribution in [2.45, 2.75) is 11.9 Å². The quantitative estimate of drug-likeness (QED) is 0.411. The number of carboxylic acid groups (broad SMARTS) is 1. The van der Waals surface area contributed by atoms with Crippen molar-refractivity contribution in [2.75, 3.05) is 0 Å². The Balaban J connectivity index is 4.19. The summed E-state index contributed by atoms with van der Waals surface area (Å²) in [6, 6.07) is 0. The normalized spacial score (nSPS) is 17.4. The number of alkyl halides is 1. The molecule has 3 nitrogen and oxygen atoms in total. The molecule has 0 bridgehead atoms. The molecule has 9 heavy (non-hydrogen) atoms. The lowest BCUT2D eigenvalue weighted by molar-refractivity contribution is -0.141. The molecule has 0 rings (SSSR count). The zero-order valence-electron chi connectivity index (χ0n) is 4.44. The minimum Gasteiger partial charge on any atom is -0.479 e. The van der Waals surface area contributed by atoms with Gasteiger partial charge in [0, 0.05) is 0 Å². The lowest BCUT2D eigenvalue weighted by atomic mass is 10.4. The second-order valence-electron chi connectivity index (χ2n) is 1.49. The molecule has 0 radical (unpaired) electrons. The Bertz CT molecular complexity index is 124. The van der Waals surface area contributed by atoms with Crippen molar-refractivity contribution in [3.63, 3.8) is 0 Å². The van der Waals surface area contributed by atoms with Gasteiger partial charge in [-0.1, -0.05) is 15.5 Å². The predicted octanol–water partition coefficient (Wildman–Crippen LogP) is 1.64. The molecule has 0 aromatic heterocycles. The van der Waals surface area contributed by atoms with Crippen LogP contribution in [0.3, 0.4) is 0 Å². The van der Waals surface area contributed by atoms with Gasteiger partial charge in [-0.3, -0.25) is 0 Å². The summed E-state index contributed by atoms with van der Waals surface area (Å²) in [5.74, 6) is -1.30. The highest BCUT2D eigenvalue weighted by Crippen LogP contribution is 2.24. The van der Waals surface area contributed by atoms with E-state index in [0.717, 1.165) is 6.92 Å². The Morgan fingerprint density at radius 2 is 2.00 bits per heavy atom. The Morgan fingerprint density at radius 3 is 2.00 bits per heavy atom. The van der Waals surface area contributed by atoms with E-state index in [2.05, 4.69) is 0 Å². The van der Waals surface area contributed by atoms with Crippen molar-refractivity contribution in [1.29, 1.82) is 0 Å². The Morgan fingerprint density at radius 1 is 1.67 bits per heavy atom. The molecule has 0 amide bonds. The first-order valence-electron chi connectivity index (χ1n) is 1.93. The number of halogens is 3. The van der Waals surface area contributed by atoms with Crippen molar-refractivity contribution < 1.29 is 9.90 Å². The van der Waals surface area contributed by atoms with E-state index in [1.54, 1.807) is 0 Å². The molecule has 0 aliphatic carbocycles. The summed E-state index contributed by atoms with van der Waals surface area (Å²) in [6.07, 6.45) is 0. The van der Waals surface area contributed by atoms with E-state index in [9.17, 15) is 4.79 Å². The van der Waals surface area contributed by atoms with Crippen LogP contribution in [0.25, 0.3) is 0 Å². The molecule has 0 fully saturated rings. The standard InChI is InChI=1S/C3H4Cl3NO2/c1-3(4,2(8)9)7(5)6/h1H3,(H,8,9)/t3-/m0/s1. The maximum Gasteiger partial charge on any atom is 0.342 e. The number of carbonyl (C=O) groups is 1. The summed E-state index contributed by atoms with van der Waals surface area (Å²) in [4.78, 5) is 8.37. The van der Waals surface area contributed by atoms with Crippen LogP contribution in [0, 0.1) is 0 Å². The minimum atomic E-state index is -1.75. The van der Waals surface area contributed by atoms with Gasteiger partial charge in [0.05, 0.1) is 0 Å². The first-order valence-corrected chi connectivity index (χ1v) is 2.98. The Labute approximate surface area is 67.3 Å². The van der Waals surface area contributed by atoms with E-state index in [1.807, 2.05) is 0 Å². The van der Waals surface area contributed by atoms with E-state index in [4.69, 9.17) is 40.3 Å². The first-order chi connectivity index (χ1) is 3.89. The van der Waals surface area contributed by atoms with Crippen LogP contribution < -0.4 is 0 Å². The molecular weight excluding hydrogens is 188 g/mol. The van der Waals surface area contributed by atoms with E-state index in [0.29, 0.717) is 3.94 Å².